The zero-order valence-electron chi connectivity index (χ0n) is 13.3. The molecule has 0 spiro atoms. The van der Waals surface area contributed by atoms with E-state index in [-0.39, 0.29) is 36.4 Å². The van der Waals surface area contributed by atoms with E-state index in [1.54, 1.807) is 0 Å². The molecule has 3 rings (SSSR count). The number of nitrogens with one attached hydrogen (secondary N) is 3. The fourth-order valence-electron chi connectivity index (χ4n) is 2.54. The fourth-order valence-corrected chi connectivity index (χ4v) is 5.10. The van der Waals surface area contributed by atoms with Gasteiger partial charge in [0.15, 0.2) is 15.0 Å². The number of para-hydroxylation sites is 1. The van der Waals surface area contributed by atoms with E-state index >= 15 is 0 Å². The van der Waals surface area contributed by atoms with E-state index in [0.717, 1.165) is 10.2 Å². The lowest BCUT2D eigenvalue weighted by molar-refractivity contribution is -0.116. The van der Waals surface area contributed by atoms with Crippen molar-refractivity contribution in [1.82, 2.24) is 15.6 Å². The molecule has 134 valence electrons. The number of urea groups is 1. The Hall–Kier alpha value is -2.20. The summed E-state index contributed by atoms with van der Waals surface area (Å²) < 4.78 is 23.7. The lowest BCUT2D eigenvalue weighted by Crippen LogP contribution is -2.43. The summed E-state index contributed by atoms with van der Waals surface area (Å²) in [6.45, 7) is 0.155. The van der Waals surface area contributed by atoms with Gasteiger partial charge < -0.3 is 16.0 Å². The lowest BCUT2D eigenvalue weighted by Gasteiger charge is -2.11. The van der Waals surface area contributed by atoms with Gasteiger partial charge >= 0.3 is 6.03 Å². The molecule has 1 aliphatic heterocycles. The SMILES string of the molecule is O=C(CCNC(=O)N[C@@H]1CCS(=O)(=O)C1)Nc1nc2ccccc2s1. The van der Waals surface area contributed by atoms with Gasteiger partial charge in [0, 0.05) is 19.0 Å². The second kappa shape index (κ2) is 7.36. The highest BCUT2D eigenvalue weighted by Crippen LogP contribution is 2.25. The van der Waals surface area contributed by atoms with Gasteiger partial charge in [0.05, 0.1) is 21.7 Å². The standard InChI is InChI=1S/C15H18N4O4S2/c20-13(19-15-18-11-3-1-2-4-12(11)24-15)5-7-16-14(21)17-10-6-8-25(22,23)9-10/h1-4,10H,5-9H2,(H2,16,17,21)(H,18,19,20)/t10-/m1/s1. The van der Waals surface area contributed by atoms with Crippen LogP contribution in [0.2, 0.25) is 0 Å². The minimum Gasteiger partial charge on any atom is -0.338 e. The summed E-state index contributed by atoms with van der Waals surface area (Å²) in [6, 6.07) is 6.76. The van der Waals surface area contributed by atoms with Crippen LogP contribution in [0.4, 0.5) is 9.93 Å². The van der Waals surface area contributed by atoms with Crippen molar-refractivity contribution in [2.45, 2.75) is 18.9 Å². The largest absolute Gasteiger partial charge is 0.338 e. The van der Waals surface area contributed by atoms with Crippen LogP contribution in [0.5, 0.6) is 0 Å². The molecule has 3 N–H and O–H groups in total. The van der Waals surface area contributed by atoms with Gasteiger partial charge in [-0.2, -0.15) is 0 Å². The van der Waals surface area contributed by atoms with Crippen molar-refractivity contribution < 1.29 is 18.0 Å². The molecule has 1 fully saturated rings. The molecule has 2 heterocycles. The van der Waals surface area contributed by atoms with Gasteiger partial charge in [-0.05, 0) is 18.6 Å². The summed E-state index contributed by atoms with van der Waals surface area (Å²) in [5, 5.41) is 8.39. The first-order valence-corrected chi connectivity index (χ1v) is 10.5. The van der Waals surface area contributed by atoms with Gasteiger partial charge in [-0.1, -0.05) is 23.5 Å². The third kappa shape index (κ3) is 4.89. The van der Waals surface area contributed by atoms with Crippen molar-refractivity contribution in [2.24, 2.45) is 0 Å². The summed E-state index contributed by atoms with van der Waals surface area (Å²) in [5.41, 5.74) is 0.826. The molecule has 0 unspecified atom stereocenters. The van der Waals surface area contributed by atoms with Crippen LogP contribution >= 0.6 is 11.3 Å². The van der Waals surface area contributed by atoms with Crippen molar-refractivity contribution >= 4 is 48.5 Å². The number of hydrogen-bond donors (Lipinski definition) is 3. The average Bonchev–Trinajstić information content (AvgIpc) is 3.09. The first kappa shape index (κ1) is 17.6. The first-order valence-electron chi connectivity index (χ1n) is 7.81. The Morgan fingerprint density at radius 1 is 1.28 bits per heavy atom. The molecular weight excluding hydrogens is 364 g/mol. The average molecular weight is 382 g/mol. The molecule has 0 radical (unpaired) electrons. The van der Waals surface area contributed by atoms with Crippen molar-refractivity contribution in [2.75, 3.05) is 23.4 Å². The Bertz CT molecular complexity index is 861. The summed E-state index contributed by atoms with van der Waals surface area (Å²) in [5.74, 6) is -0.177. The van der Waals surface area contributed by atoms with Crippen molar-refractivity contribution in [1.29, 1.82) is 0 Å². The molecule has 1 aromatic carbocycles. The van der Waals surface area contributed by atoms with E-state index in [1.807, 2.05) is 24.3 Å². The maximum Gasteiger partial charge on any atom is 0.315 e. The van der Waals surface area contributed by atoms with E-state index in [0.29, 0.717) is 11.6 Å². The Morgan fingerprint density at radius 2 is 2.08 bits per heavy atom. The van der Waals surface area contributed by atoms with Crippen LogP contribution in [0.15, 0.2) is 24.3 Å². The Balaban J connectivity index is 1.39. The van der Waals surface area contributed by atoms with Crippen LogP contribution in [0, 0.1) is 0 Å². The first-order chi connectivity index (χ1) is 11.9. The number of nitrogens with zero attached hydrogens (tertiary/aromatic N) is 1. The Kier molecular flexibility index (Phi) is 5.19. The number of sulfone groups is 1. The van der Waals surface area contributed by atoms with Crippen molar-refractivity contribution in [3.63, 3.8) is 0 Å². The number of hydrogen-bond acceptors (Lipinski definition) is 6. The molecule has 2 aromatic rings. The normalized spacial score (nSPS) is 18.8. The third-order valence-corrected chi connectivity index (χ3v) is 6.47. The van der Waals surface area contributed by atoms with Crippen LogP contribution in [0.1, 0.15) is 12.8 Å². The Labute approximate surface area is 148 Å². The number of amides is 3. The predicted molar refractivity (Wildman–Crippen MR) is 96.5 cm³/mol. The number of aromatic nitrogens is 1. The maximum absolute atomic E-state index is 11.9. The highest BCUT2D eigenvalue weighted by atomic mass is 32.2. The molecule has 8 nitrogen and oxygen atoms in total. The number of rotatable bonds is 5. The number of thiazole rings is 1. The summed E-state index contributed by atoms with van der Waals surface area (Å²) in [4.78, 5) is 27.9. The topological polar surface area (TPSA) is 117 Å². The number of benzene rings is 1. The molecular formula is C15H18N4O4S2. The van der Waals surface area contributed by atoms with Gasteiger partial charge in [-0.15, -0.1) is 0 Å². The number of fused-ring (bicyclic) bond motifs is 1. The molecule has 0 aliphatic carbocycles. The summed E-state index contributed by atoms with van der Waals surface area (Å²) >= 11 is 1.39. The summed E-state index contributed by atoms with van der Waals surface area (Å²) in [6.07, 6.45) is 0.528. The van der Waals surface area contributed by atoms with Crippen LogP contribution in [0.3, 0.4) is 0 Å². The van der Waals surface area contributed by atoms with Crippen LogP contribution in [-0.2, 0) is 14.6 Å². The van der Waals surface area contributed by atoms with Crippen molar-refractivity contribution in [3.8, 4) is 0 Å². The third-order valence-electron chi connectivity index (χ3n) is 3.75. The second-order valence-corrected chi connectivity index (χ2v) is 9.04. The highest BCUT2D eigenvalue weighted by Gasteiger charge is 2.28. The maximum atomic E-state index is 11.9. The fraction of sp³-hybridized carbons (Fsp3) is 0.400. The van der Waals surface area contributed by atoms with Crippen LogP contribution in [0.25, 0.3) is 10.2 Å². The quantitative estimate of drug-likeness (QED) is 0.716. The Morgan fingerprint density at radius 3 is 2.80 bits per heavy atom. The smallest absolute Gasteiger partial charge is 0.315 e. The van der Waals surface area contributed by atoms with Crippen LogP contribution in [-0.4, -0.2) is 49.4 Å². The van der Waals surface area contributed by atoms with Gasteiger partial charge in [0.1, 0.15) is 0 Å². The van der Waals surface area contributed by atoms with E-state index in [1.165, 1.54) is 11.3 Å². The number of carbonyl (C=O) groups excluding carboxylic acids is 2. The molecule has 3 amide bonds. The molecule has 25 heavy (non-hydrogen) atoms. The minimum atomic E-state index is -3.03. The molecule has 1 aromatic heterocycles. The molecule has 10 heteroatoms. The van der Waals surface area contributed by atoms with E-state index < -0.39 is 15.9 Å². The van der Waals surface area contributed by atoms with Crippen molar-refractivity contribution in [3.05, 3.63) is 24.3 Å². The van der Waals surface area contributed by atoms with Gasteiger partial charge in [0.25, 0.3) is 0 Å². The molecule has 1 atom stereocenters. The summed E-state index contributed by atoms with van der Waals surface area (Å²) in [7, 11) is -3.03. The van der Waals surface area contributed by atoms with E-state index in [4.69, 9.17) is 0 Å². The monoisotopic (exact) mass is 382 g/mol. The highest BCUT2D eigenvalue weighted by molar-refractivity contribution is 7.91. The molecule has 1 aliphatic rings. The van der Waals surface area contributed by atoms with Gasteiger partial charge in [-0.3, -0.25) is 4.79 Å². The van der Waals surface area contributed by atoms with E-state index in [2.05, 4.69) is 20.9 Å². The number of anilines is 1. The zero-order chi connectivity index (χ0) is 17.9. The van der Waals surface area contributed by atoms with Crippen LogP contribution < -0.4 is 16.0 Å². The molecule has 0 saturated carbocycles. The van der Waals surface area contributed by atoms with Gasteiger partial charge in [-0.25, -0.2) is 18.2 Å². The van der Waals surface area contributed by atoms with E-state index in [9.17, 15) is 18.0 Å². The number of carbonyl (C=O) groups is 2. The minimum absolute atomic E-state index is 0.0293. The predicted octanol–water partition coefficient (Wildman–Crippen LogP) is 1.11. The van der Waals surface area contributed by atoms with Gasteiger partial charge in [0.2, 0.25) is 5.91 Å². The zero-order valence-corrected chi connectivity index (χ0v) is 15.0. The molecule has 0 bridgehead atoms. The lowest BCUT2D eigenvalue weighted by atomic mass is 10.3. The second-order valence-electron chi connectivity index (χ2n) is 5.79. The molecule has 1 saturated heterocycles.